The van der Waals surface area contributed by atoms with E-state index in [2.05, 4.69) is 18.7 Å². The molecule has 1 aliphatic carbocycles. The Hall–Kier alpha value is -2.31. The van der Waals surface area contributed by atoms with Crippen molar-refractivity contribution < 1.29 is 9.13 Å². The van der Waals surface area contributed by atoms with Crippen LogP contribution in [0.5, 0.6) is 5.75 Å². The van der Waals surface area contributed by atoms with E-state index < -0.39 is 0 Å². The number of hydrogen-bond donors (Lipinski definition) is 0. The van der Waals surface area contributed by atoms with Crippen LogP contribution in [0.3, 0.4) is 0 Å². The first kappa shape index (κ1) is 27.3. The van der Waals surface area contributed by atoms with Crippen molar-refractivity contribution in [1.82, 2.24) is 14.8 Å². The molecule has 0 amide bonds. The molecule has 3 aromatic rings. The molecular formula is C27H35Cl2FN4O. The number of anilines is 2. The molecule has 0 bridgehead atoms. The minimum atomic E-state index is -0.200. The maximum Gasteiger partial charge on any atom is 0.250 e. The van der Waals surface area contributed by atoms with Crippen LogP contribution in [-0.4, -0.2) is 21.9 Å². The molecule has 1 fully saturated rings. The minimum Gasteiger partial charge on any atom is -0.496 e. The van der Waals surface area contributed by atoms with Crippen molar-refractivity contribution in [3.8, 4) is 5.75 Å². The summed E-state index contributed by atoms with van der Waals surface area (Å²) in [7, 11) is 1.64. The third-order valence-corrected chi connectivity index (χ3v) is 6.88. The highest BCUT2D eigenvalue weighted by atomic mass is 35.5. The number of methoxy groups -OCH3 is 1. The molecule has 1 atom stereocenters. The Kier molecular flexibility index (Phi) is 9.05. The number of ether oxygens (including phenoxy) is 1. The van der Waals surface area contributed by atoms with Crippen LogP contribution in [0.25, 0.3) is 0 Å². The van der Waals surface area contributed by atoms with Gasteiger partial charge in [-0.25, -0.2) is 9.07 Å². The van der Waals surface area contributed by atoms with Crippen molar-refractivity contribution >= 4 is 35.6 Å². The van der Waals surface area contributed by atoms with E-state index in [4.69, 9.17) is 26.4 Å². The van der Waals surface area contributed by atoms with Gasteiger partial charge in [-0.05, 0) is 61.4 Å². The third kappa shape index (κ3) is 5.92. The summed E-state index contributed by atoms with van der Waals surface area (Å²) in [6.07, 6.45) is 5.00. The first-order chi connectivity index (χ1) is 16.4. The molecule has 1 aromatic heterocycles. The number of rotatable bonds is 10. The van der Waals surface area contributed by atoms with E-state index in [0.717, 1.165) is 54.2 Å². The smallest absolute Gasteiger partial charge is 0.250 e. The first-order valence-corrected chi connectivity index (χ1v) is 12.6. The van der Waals surface area contributed by atoms with Gasteiger partial charge in [0.2, 0.25) is 5.95 Å². The van der Waals surface area contributed by atoms with Gasteiger partial charge < -0.3 is 9.64 Å². The van der Waals surface area contributed by atoms with Crippen LogP contribution in [0.15, 0.2) is 30.3 Å². The van der Waals surface area contributed by atoms with E-state index in [1.807, 2.05) is 35.9 Å². The van der Waals surface area contributed by atoms with Gasteiger partial charge in [0.15, 0.2) is 0 Å². The van der Waals surface area contributed by atoms with E-state index in [9.17, 15) is 4.39 Å². The molecule has 35 heavy (non-hydrogen) atoms. The number of aromatic nitrogens is 3. The summed E-state index contributed by atoms with van der Waals surface area (Å²) in [5, 5.41) is 5.48. The van der Waals surface area contributed by atoms with Crippen LogP contribution < -0.4 is 9.64 Å². The largest absolute Gasteiger partial charge is 0.496 e. The Morgan fingerprint density at radius 2 is 1.91 bits per heavy atom. The Morgan fingerprint density at radius 1 is 1.17 bits per heavy atom. The zero-order chi connectivity index (χ0) is 24.4. The highest BCUT2D eigenvalue weighted by Crippen LogP contribution is 2.46. The van der Waals surface area contributed by atoms with Gasteiger partial charge in [0.05, 0.1) is 23.9 Å². The zero-order valence-electron chi connectivity index (χ0n) is 21.1. The molecule has 0 spiro atoms. The molecule has 5 nitrogen and oxygen atoms in total. The highest BCUT2D eigenvalue weighted by Gasteiger charge is 2.34. The fraction of sp³-hybridized carbons (Fsp3) is 0.481. The SMILES string of the molecule is CCCn1nc(N(c2cc(C)c(OC)cc2Cl)[C@@H](CC2CC2)c2ccc(C)c(F)c2)nc1CC.Cl. The standard InChI is InChI=1S/C27H34ClFN4O.ClH/c1-6-12-32-26(7-2)30-27(31-32)33(24-13-18(4)25(34-5)16-21(24)28)23(14-19-9-10-19)20-11-8-17(3)22(29)15-20;/h8,11,13,15-16,19,23H,6-7,9-10,12,14H2,1-5H3;1H/t23-;/m0./s1. The lowest BCUT2D eigenvalue weighted by molar-refractivity contribution is 0.411. The molecule has 8 heteroatoms. The van der Waals surface area contributed by atoms with Gasteiger partial charge in [-0.15, -0.1) is 17.5 Å². The molecule has 1 saturated carbocycles. The number of aryl methyl sites for hydroxylation is 4. The third-order valence-electron chi connectivity index (χ3n) is 6.57. The molecule has 0 aliphatic heterocycles. The van der Waals surface area contributed by atoms with Gasteiger partial charge in [-0.2, -0.15) is 4.98 Å². The van der Waals surface area contributed by atoms with E-state index in [-0.39, 0.29) is 24.3 Å². The molecule has 0 saturated heterocycles. The fourth-order valence-electron chi connectivity index (χ4n) is 4.46. The van der Waals surface area contributed by atoms with Gasteiger partial charge in [0, 0.05) is 19.0 Å². The Balaban J connectivity index is 0.00000342. The number of benzene rings is 2. The number of halogens is 3. The average Bonchev–Trinajstić information content (AvgIpc) is 3.55. The molecule has 1 heterocycles. The van der Waals surface area contributed by atoms with Gasteiger partial charge in [0.1, 0.15) is 17.4 Å². The van der Waals surface area contributed by atoms with Gasteiger partial charge in [0.25, 0.3) is 0 Å². The van der Waals surface area contributed by atoms with Crippen molar-refractivity contribution in [3.63, 3.8) is 0 Å². The summed E-state index contributed by atoms with van der Waals surface area (Å²) < 4.78 is 22.2. The van der Waals surface area contributed by atoms with Crippen LogP contribution in [0.2, 0.25) is 5.02 Å². The summed E-state index contributed by atoms with van der Waals surface area (Å²) in [6.45, 7) is 8.81. The lowest BCUT2D eigenvalue weighted by atomic mass is 9.97. The number of hydrogen-bond acceptors (Lipinski definition) is 4. The molecule has 2 aromatic carbocycles. The molecule has 4 rings (SSSR count). The second kappa shape index (κ2) is 11.6. The topological polar surface area (TPSA) is 43.2 Å². The molecule has 0 radical (unpaired) electrons. The molecule has 1 aliphatic rings. The maximum absolute atomic E-state index is 14.7. The van der Waals surface area contributed by atoms with Crippen LogP contribution in [-0.2, 0) is 13.0 Å². The number of nitrogens with zero attached hydrogens (tertiary/aromatic N) is 4. The van der Waals surface area contributed by atoms with Crippen molar-refractivity contribution in [1.29, 1.82) is 0 Å². The summed E-state index contributed by atoms with van der Waals surface area (Å²) in [4.78, 5) is 7.06. The average molecular weight is 522 g/mol. The van der Waals surface area contributed by atoms with E-state index in [1.165, 1.54) is 12.8 Å². The van der Waals surface area contributed by atoms with E-state index >= 15 is 0 Å². The lowest BCUT2D eigenvalue weighted by Gasteiger charge is -2.33. The van der Waals surface area contributed by atoms with Crippen molar-refractivity contribution in [2.45, 2.75) is 72.4 Å². The van der Waals surface area contributed by atoms with Gasteiger partial charge in [-0.1, -0.05) is 50.4 Å². The Labute approximate surface area is 219 Å². The maximum atomic E-state index is 14.7. The summed E-state index contributed by atoms with van der Waals surface area (Å²) >= 11 is 6.85. The monoisotopic (exact) mass is 520 g/mol. The Morgan fingerprint density at radius 3 is 2.51 bits per heavy atom. The van der Waals surface area contributed by atoms with Crippen LogP contribution in [0, 0.1) is 25.6 Å². The van der Waals surface area contributed by atoms with Gasteiger partial charge in [-0.3, -0.25) is 0 Å². The minimum absolute atomic E-state index is 0. The summed E-state index contributed by atoms with van der Waals surface area (Å²) in [5.41, 5.74) is 3.32. The molecule has 0 unspecified atom stereocenters. The Bertz CT molecular complexity index is 1160. The fourth-order valence-corrected chi connectivity index (χ4v) is 4.70. The van der Waals surface area contributed by atoms with Crippen LogP contribution in [0.1, 0.15) is 68.1 Å². The predicted octanol–water partition coefficient (Wildman–Crippen LogP) is 7.77. The van der Waals surface area contributed by atoms with Gasteiger partial charge >= 0.3 is 0 Å². The quantitative estimate of drug-likeness (QED) is 0.273. The van der Waals surface area contributed by atoms with Crippen LogP contribution >= 0.6 is 24.0 Å². The first-order valence-electron chi connectivity index (χ1n) is 12.2. The second-order valence-electron chi connectivity index (χ2n) is 9.25. The zero-order valence-corrected chi connectivity index (χ0v) is 22.7. The normalized spacial score (nSPS) is 13.9. The van der Waals surface area contributed by atoms with E-state index in [1.54, 1.807) is 20.1 Å². The van der Waals surface area contributed by atoms with Crippen molar-refractivity contribution in [3.05, 3.63) is 63.7 Å². The molecule has 190 valence electrons. The highest BCUT2D eigenvalue weighted by molar-refractivity contribution is 6.33. The predicted molar refractivity (Wildman–Crippen MR) is 143 cm³/mol. The van der Waals surface area contributed by atoms with E-state index in [0.29, 0.717) is 22.5 Å². The van der Waals surface area contributed by atoms with Crippen molar-refractivity contribution in [2.24, 2.45) is 5.92 Å². The lowest BCUT2D eigenvalue weighted by Crippen LogP contribution is -2.26. The van der Waals surface area contributed by atoms with Crippen molar-refractivity contribution in [2.75, 3.05) is 12.0 Å². The summed E-state index contributed by atoms with van der Waals surface area (Å²) in [5.74, 6) is 2.66. The second-order valence-corrected chi connectivity index (χ2v) is 9.66. The summed E-state index contributed by atoms with van der Waals surface area (Å²) in [6, 6.07) is 9.25. The van der Waals surface area contributed by atoms with Crippen LogP contribution in [0.4, 0.5) is 16.0 Å². The molecule has 0 N–H and O–H groups in total. The molecular weight excluding hydrogens is 486 g/mol.